The number of likely N-dealkylation sites (tertiary alicyclic amines) is 1. The van der Waals surface area contributed by atoms with E-state index in [9.17, 15) is 14.4 Å². The molecule has 3 aliphatic rings. The van der Waals surface area contributed by atoms with Crippen LogP contribution < -0.4 is 5.56 Å². The van der Waals surface area contributed by atoms with E-state index in [0.717, 1.165) is 31.2 Å². The van der Waals surface area contributed by atoms with Crippen molar-refractivity contribution >= 4 is 22.7 Å². The highest BCUT2D eigenvalue weighted by molar-refractivity contribution is 6.06. The number of hydrogen-bond acceptors (Lipinski definition) is 3. The molecule has 3 saturated heterocycles. The molecule has 2 bridgehead atoms. The maximum Gasteiger partial charge on any atom is 0.254 e. The smallest absolute Gasteiger partial charge is 0.254 e. The Morgan fingerprint density at radius 1 is 1.11 bits per heavy atom. The molecule has 0 aliphatic carbocycles. The van der Waals surface area contributed by atoms with Gasteiger partial charge in [0.25, 0.3) is 5.91 Å². The molecule has 0 spiro atoms. The Kier molecular flexibility index (Phi) is 3.81. The fourth-order valence-electron chi connectivity index (χ4n) is 5.33. The maximum atomic E-state index is 13.3. The van der Waals surface area contributed by atoms with Crippen LogP contribution in [0.4, 0.5) is 0 Å². The lowest BCUT2D eigenvalue weighted by molar-refractivity contribution is -0.144. The van der Waals surface area contributed by atoms with Gasteiger partial charge in [0.15, 0.2) is 0 Å². The number of carbonyl (C=O) groups is 2. The molecule has 1 N–H and O–H groups in total. The van der Waals surface area contributed by atoms with E-state index in [2.05, 4.69) is 9.88 Å². The van der Waals surface area contributed by atoms with E-state index in [0.29, 0.717) is 42.4 Å². The second-order valence-corrected chi connectivity index (χ2v) is 8.17. The summed E-state index contributed by atoms with van der Waals surface area (Å²) in [5.74, 6) is 0.891. The summed E-state index contributed by atoms with van der Waals surface area (Å²) in [6.07, 6.45) is 3.75. The summed E-state index contributed by atoms with van der Waals surface area (Å²) in [7, 11) is 0. The number of nitrogens with zero attached hydrogens (tertiary/aromatic N) is 2. The van der Waals surface area contributed by atoms with Crippen molar-refractivity contribution in [3.8, 4) is 0 Å². The topological polar surface area (TPSA) is 73.5 Å². The molecule has 5 rings (SSSR count). The second-order valence-electron chi connectivity index (χ2n) is 8.17. The largest absolute Gasteiger partial charge is 0.339 e. The van der Waals surface area contributed by atoms with Gasteiger partial charge in [-0.3, -0.25) is 14.4 Å². The molecule has 6 nitrogen and oxygen atoms in total. The Balaban J connectivity index is 1.46. The van der Waals surface area contributed by atoms with Gasteiger partial charge in [0, 0.05) is 49.1 Å². The van der Waals surface area contributed by atoms with Crippen LogP contribution in [0.1, 0.15) is 36.0 Å². The van der Waals surface area contributed by atoms with Gasteiger partial charge in [-0.15, -0.1) is 0 Å². The first kappa shape index (κ1) is 16.5. The number of aromatic amines is 1. The molecule has 2 amide bonds. The lowest BCUT2D eigenvalue weighted by Crippen LogP contribution is -2.61. The average molecular weight is 365 g/mol. The first-order valence-electron chi connectivity index (χ1n) is 9.81. The van der Waals surface area contributed by atoms with E-state index in [1.807, 2.05) is 29.2 Å². The molecule has 6 heteroatoms. The number of H-pyrrole nitrogens is 1. The number of amides is 2. The third-order valence-electron chi connectivity index (χ3n) is 6.45. The van der Waals surface area contributed by atoms with Gasteiger partial charge < -0.3 is 14.8 Å². The summed E-state index contributed by atoms with van der Waals surface area (Å²) < 4.78 is 0. The average Bonchev–Trinajstić information content (AvgIpc) is 2.67. The molecule has 2 aromatic rings. The van der Waals surface area contributed by atoms with Crippen LogP contribution in [0.3, 0.4) is 0 Å². The predicted molar refractivity (Wildman–Crippen MR) is 101 cm³/mol. The second kappa shape index (κ2) is 6.22. The van der Waals surface area contributed by atoms with Crippen molar-refractivity contribution in [1.82, 2.24) is 14.8 Å². The van der Waals surface area contributed by atoms with Crippen LogP contribution in [0.5, 0.6) is 0 Å². The van der Waals surface area contributed by atoms with Gasteiger partial charge in [-0.05, 0) is 37.2 Å². The first-order valence-corrected chi connectivity index (χ1v) is 9.81. The number of aromatic nitrogens is 1. The number of hydrogen-bond donors (Lipinski definition) is 1. The molecule has 1 aromatic heterocycles. The summed E-state index contributed by atoms with van der Waals surface area (Å²) in [5.41, 5.74) is 0.916. The lowest BCUT2D eigenvalue weighted by atomic mass is 9.76. The SMILES string of the molecule is O=C(c1cc(=O)[nH]c2ccccc12)N1C[C@H]2C[C@@H](C1)[C@H]1CCCC(=O)N1C2. The zero-order valence-corrected chi connectivity index (χ0v) is 15.2. The zero-order chi connectivity index (χ0) is 18.5. The van der Waals surface area contributed by atoms with E-state index in [1.54, 1.807) is 0 Å². The Labute approximate surface area is 157 Å². The van der Waals surface area contributed by atoms with E-state index >= 15 is 0 Å². The molecule has 0 unspecified atom stereocenters. The molecular formula is C21H23N3O3. The quantitative estimate of drug-likeness (QED) is 0.840. The van der Waals surface area contributed by atoms with E-state index < -0.39 is 0 Å². The van der Waals surface area contributed by atoms with Crippen molar-refractivity contribution in [1.29, 1.82) is 0 Å². The van der Waals surface area contributed by atoms with Crippen molar-refractivity contribution in [2.45, 2.75) is 31.7 Å². The van der Waals surface area contributed by atoms with Gasteiger partial charge in [0.05, 0.1) is 5.56 Å². The van der Waals surface area contributed by atoms with Crippen LogP contribution in [0.25, 0.3) is 10.9 Å². The summed E-state index contributed by atoms with van der Waals surface area (Å²) in [6, 6.07) is 9.13. The third-order valence-corrected chi connectivity index (χ3v) is 6.45. The number of fused-ring (bicyclic) bond motifs is 5. The molecule has 3 atom stereocenters. The van der Waals surface area contributed by atoms with Gasteiger partial charge in [-0.25, -0.2) is 0 Å². The van der Waals surface area contributed by atoms with E-state index in [4.69, 9.17) is 0 Å². The number of rotatable bonds is 1. The van der Waals surface area contributed by atoms with Crippen molar-refractivity contribution in [2.75, 3.05) is 19.6 Å². The highest BCUT2D eigenvalue weighted by atomic mass is 16.2. The number of para-hydroxylation sites is 1. The monoisotopic (exact) mass is 365 g/mol. The van der Waals surface area contributed by atoms with E-state index in [1.165, 1.54) is 6.07 Å². The molecule has 1 aromatic carbocycles. The fourth-order valence-corrected chi connectivity index (χ4v) is 5.33. The highest BCUT2D eigenvalue weighted by Gasteiger charge is 2.44. The van der Waals surface area contributed by atoms with Crippen LogP contribution in [-0.2, 0) is 4.79 Å². The van der Waals surface area contributed by atoms with Gasteiger partial charge in [-0.1, -0.05) is 18.2 Å². The van der Waals surface area contributed by atoms with Crippen LogP contribution in [0.15, 0.2) is 35.1 Å². The zero-order valence-electron chi connectivity index (χ0n) is 15.2. The van der Waals surface area contributed by atoms with Crippen LogP contribution >= 0.6 is 0 Å². The number of piperidine rings is 3. The number of carbonyl (C=O) groups excluding carboxylic acids is 2. The summed E-state index contributed by atoms with van der Waals surface area (Å²) in [4.78, 5) is 44.4. The first-order chi connectivity index (χ1) is 13.1. The van der Waals surface area contributed by atoms with Gasteiger partial charge >= 0.3 is 0 Å². The Morgan fingerprint density at radius 2 is 1.96 bits per heavy atom. The van der Waals surface area contributed by atoms with Gasteiger partial charge in [0.2, 0.25) is 11.5 Å². The van der Waals surface area contributed by atoms with Crippen molar-refractivity contribution in [2.24, 2.45) is 11.8 Å². The third kappa shape index (κ3) is 2.74. The molecule has 4 heterocycles. The van der Waals surface area contributed by atoms with Crippen molar-refractivity contribution < 1.29 is 9.59 Å². The Morgan fingerprint density at radius 3 is 2.85 bits per heavy atom. The minimum Gasteiger partial charge on any atom is -0.339 e. The molecule has 27 heavy (non-hydrogen) atoms. The summed E-state index contributed by atoms with van der Waals surface area (Å²) in [6.45, 7) is 2.10. The molecule has 3 fully saturated rings. The van der Waals surface area contributed by atoms with Crippen LogP contribution in [0.2, 0.25) is 0 Å². The molecule has 140 valence electrons. The maximum absolute atomic E-state index is 13.3. The summed E-state index contributed by atoms with van der Waals surface area (Å²) in [5, 5.41) is 0.785. The van der Waals surface area contributed by atoms with Gasteiger partial charge in [0.1, 0.15) is 0 Å². The number of benzene rings is 1. The lowest BCUT2D eigenvalue weighted by Gasteiger charge is -2.52. The minimum absolute atomic E-state index is 0.0671. The molecule has 0 radical (unpaired) electrons. The number of nitrogens with one attached hydrogen (secondary N) is 1. The Bertz CT molecular complexity index is 982. The summed E-state index contributed by atoms with van der Waals surface area (Å²) >= 11 is 0. The van der Waals surface area contributed by atoms with Crippen LogP contribution in [0, 0.1) is 11.8 Å². The van der Waals surface area contributed by atoms with Gasteiger partial charge in [-0.2, -0.15) is 0 Å². The normalized spacial score (nSPS) is 27.6. The van der Waals surface area contributed by atoms with Crippen molar-refractivity contribution in [3.63, 3.8) is 0 Å². The minimum atomic E-state index is -0.252. The molecule has 3 aliphatic heterocycles. The highest BCUT2D eigenvalue weighted by Crippen LogP contribution is 2.38. The molecule has 0 saturated carbocycles. The number of pyridine rings is 1. The van der Waals surface area contributed by atoms with E-state index in [-0.39, 0.29) is 23.4 Å². The Hall–Kier alpha value is -2.63. The van der Waals surface area contributed by atoms with Crippen molar-refractivity contribution in [3.05, 3.63) is 46.2 Å². The fraction of sp³-hybridized carbons (Fsp3) is 0.476. The molecular weight excluding hydrogens is 342 g/mol. The van der Waals surface area contributed by atoms with Crippen LogP contribution in [-0.4, -0.2) is 52.3 Å². The standard InChI is InChI=1S/C21H23N3O3/c25-19-9-16(15-4-1-2-5-17(15)22-19)21(27)23-10-13-8-14(12-23)18-6-3-7-20(26)24(18)11-13/h1-2,4-5,9,13-14,18H,3,6-8,10-12H2,(H,22,25)/t13-,14+,18-/m1/s1. The predicted octanol–water partition coefficient (Wildman–Crippen LogP) is 2.00.